The van der Waals surface area contributed by atoms with Crippen LogP contribution in [0.15, 0.2) is 18.2 Å². The molecule has 0 aliphatic carbocycles. The minimum absolute atomic E-state index is 0.0844. The number of aryl methyl sites for hydroxylation is 2. The molecule has 0 fully saturated rings. The Morgan fingerprint density at radius 2 is 2.04 bits per heavy atom. The van der Waals surface area contributed by atoms with E-state index >= 15 is 0 Å². The van der Waals surface area contributed by atoms with E-state index in [2.05, 4.69) is 10.4 Å². The highest BCUT2D eigenvalue weighted by Gasteiger charge is 2.28. The zero-order chi connectivity index (χ0) is 17.4. The molecule has 23 heavy (non-hydrogen) atoms. The summed E-state index contributed by atoms with van der Waals surface area (Å²) in [5.74, 6) is -2.00. The highest BCUT2D eigenvalue weighted by molar-refractivity contribution is 5.96. The lowest BCUT2D eigenvalue weighted by Crippen LogP contribution is -2.39. The van der Waals surface area contributed by atoms with Gasteiger partial charge in [-0.3, -0.25) is 9.48 Å². The number of hydrogen-bond acceptors (Lipinski definition) is 3. The van der Waals surface area contributed by atoms with Crippen molar-refractivity contribution in [3.05, 3.63) is 52.3 Å². The summed E-state index contributed by atoms with van der Waals surface area (Å²) in [4.78, 5) is 12.3. The molecule has 0 bridgehead atoms. The van der Waals surface area contributed by atoms with Crippen molar-refractivity contribution < 1.29 is 18.7 Å². The molecule has 1 heterocycles. The Kier molecular flexibility index (Phi) is 4.51. The quantitative estimate of drug-likeness (QED) is 0.904. The second kappa shape index (κ2) is 6.08. The maximum Gasteiger partial charge on any atom is 0.255 e. The number of halogens is 2. The molecule has 5 nitrogen and oxygen atoms in total. The van der Waals surface area contributed by atoms with E-state index in [1.165, 1.54) is 6.92 Å². The van der Waals surface area contributed by atoms with Crippen LogP contribution in [-0.4, -0.2) is 27.3 Å². The van der Waals surface area contributed by atoms with Gasteiger partial charge in [-0.1, -0.05) is 6.07 Å². The summed E-state index contributed by atoms with van der Waals surface area (Å²) in [5.41, 5.74) is -0.0818. The molecule has 0 spiro atoms. The smallest absolute Gasteiger partial charge is 0.255 e. The van der Waals surface area contributed by atoms with E-state index in [1.54, 1.807) is 25.6 Å². The zero-order valence-electron chi connectivity index (χ0n) is 13.4. The maximum absolute atomic E-state index is 13.8. The minimum Gasteiger partial charge on any atom is -0.383 e. The summed E-state index contributed by atoms with van der Waals surface area (Å²) < 4.78 is 28.3. The van der Waals surface area contributed by atoms with Crippen LogP contribution >= 0.6 is 0 Å². The summed E-state index contributed by atoms with van der Waals surface area (Å²) in [6.07, 6.45) is 0. The number of aromatic nitrogens is 2. The van der Waals surface area contributed by atoms with E-state index < -0.39 is 23.1 Å². The molecule has 1 aromatic carbocycles. The highest BCUT2D eigenvalue weighted by Crippen LogP contribution is 2.24. The van der Waals surface area contributed by atoms with Crippen LogP contribution in [0, 0.1) is 25.5 Å². The predicted molar refractivity (Wildman–Crippen MR) is 80.9 cm³/mol. The van der Waals surface area contributed by atoms with Gasteiger partial charge in [0.25, 0.3) is 5.91 Å². The number of nitrogens with one attached hydrogen (secondary N) is 1. The van der Waals surface area contributed by atoms with Crippen LogP contribution < -0.4 is 5.32 Å². The van der Waals surface area contributed by atoms with Crippen LogP contribution in [0.1, 0.15) is 34.2 Å². The number of nitrogens with zero attached hydrogens (tertiary/aromatic N) is 2. The molecule has 1 atom stereocenters. The molecule has 7 heteroatoms. The normalized spacial score (nSPS) is 13.7. The SMILES string of the molecule is Cc1nn(C)c(C)c1C(=O)NC[C@@](C)(O)c1ccc(F)cc1F. The van der Waals surface area contributed by atoms with Crippen molar-refractivity contribution in [1.82, 2.24) is 15.1 Å². The van der Waals surface area contributed by atoms with Crippen LogP contribution in [0.2, 0.25) is 0 Å². The lowest BCUT2D eigenvalue weighted by atomic mass is 9.95. The summed E-state index contributed by atoms with van der Waals surface area (Å²) in [6.45, 7) is 4.60. The van der Waals surface area contributed by atoms with Gasteiger partial charge in [-0.15, -0.1) is 0 Å². The lowest BCUT2D eigenvalue weighted by molar-refractivity contribution is 0.0494. The zero-order valence-corrected chi connectivity index (χ0v) is 13.4. The second-order valence-corrected chi connectivity index (χ2v) is 5.75. The Bertz CT molecular complexity index is 754. The molecule has 0 radical (unpaired) electrons. The predicted octanol–water partition coefficient (Wildman–Crippen LogP) is 1.95. The van der Waals surface area contributed by atoms with Gasteiger partial charge < -0.3 is 10.4 Å². The van der Waals surface area contributed by atoms with Gasteiger partial charge in [0.05, 0.1) is 17.8 Å². The molecule has 2 rings (SSSR count). The molecule has 0 unspecified atom stereocenters. The Morgan fingerprint density at radius 1 is 1.39 bits per heavy atom. The lowest BCUT2D eigenvalue weighted by Gasteiger charge is -2.24. The topological polar surface area (TPSA) is 67.2 Å². The summed E-state index contributed by atoms with van der Waals surface area (Å²) >= 11 is 0. The van der Waals surface area contributed by atoms with Crippen LogP contribution in [0.3, 0.4) is 0 Å². The third-order valence-corrected chi connectivity index (χ3v) is 3.84. The van der Waals surface area contributed by atoms with Crippen LogP contribution in [0.4, 0.5) is 8.78 Å². The largest absolute Gasteiger partial charge is 0.383 e. The highest BCUT2D eigenvalue weighted by atomic mass is 19.1. The Labute approximate surface area is 132 Å². The molecular weight excluding hydrogens is 304 g/mol. The molecule has 1 aromatic heterocycles. The summed E-state index contributed by atoms with van der Waals surface area (Å²) in [7, 11) is 1.73. The van der Waals surface area contributed by atoms with Crippen molar-refractivity contribution in [3.8, 4) is 0 Å². The fraction of sp³-hybridized carbons (Fsp3) is 0.375. The van der Waals surface area contributed by atoms with Gasteiger partial charge >= 0.3 is 0 Å². The number of aliphatic hydroxyl groups is 1. The van der Waals surface area contributed by atoms with Crippen molar-refractivity contribution in [2.45, 2.75) is 26.4 Å². The van der Waals surface area contributed by atoms with Crippen molar-refractivity contribution in [2.24, 2.45) is 7.05 Å². The Balaban J connectivity index is 2.17. The number of rotatable bonds is 4. The maximum atomic E-state index is 13.8. The molecule has 124 valence electrons. The van der Waals surface area contributed by atoms with Crippen LogP contribution in [-0.2, 0) is 12.6 Å². The summed E-state index contributed by atoms with van der Waals surface area (Å²) in [6, 6.07) is 2.92. The van der Waals surface area contributed by atoms with Gasteiger partial charge in [-0.05, 0) is 26.8 Å². The molecule has 0 aliphatic rings. The van der Waals surface area contributed by atoms with Crippen molar-refractivity contribution in [2.75, 3.05) is 6.54 Å². The molecule has 0 saturated carbocycles. The third kappa shape index (κ3) is 3.39. The molecule has 0 aliphatic heterocycles. The van der Waals surface area contributed by atoms with Crippen molar-refractivity contribution >= 4 is 5.91 Å². The minimum atomic E-state index is -1.67. The first kappa shape index (κ1) is 17.1. The summed E-state index contributed by atoms with van der Waals surface area (Å²) in [5, 5.41) is 17.1. The number of hydrogen-bond donors (Lipinski definition) is 2. The van der Waals surface area contributed by atoms with E-state index in [9.17, 15) is 18.7 Å². The first-order valence-electron chi connectivity index (χ1n) is 7.10. The fourth-order valence-electron chi connectivity index (χ4n) is 2.46. The van der Waals surface area contributed by atoms with Crippen molar-refractivity contribution in [3.63, 3.8) is 0 Å². The van der Waals surface area contributed by atoms with E-state index in [-0.39, 0.29) is 12.1 Å². The Hall–Kier alpha value is -2.28. The number of carbonyl (C=O) groups excluding carboxylic acids is 1. The van der Waals surface area contributed by atoms with Gasteiger partial charge in [0.1, 0.15) is 17.2 Å². The number of carbonyl (C=O) groups is 1. The van der Waals surface area contributed by atoms with Crippen LogP contribution in [0.25, 0.3) is 0 Å². The molecule has 2 N–H and O–H groups in total. The molecular formula is C16H19F2N3O2. The Morgan fingerprint density at radius 3 is 2.57 bits per heavy atom. The molecule has 2 aromatic rings. The van der Waals surface area contributed by atoms with Crippen molar-refractivity contribution in [1.29, 1.82) is 0 Å². The number of amides is 1. The van der Waals surface area contributed by atoms with E-state index in [0.29, 0.717) is 23.0 Å². The van der Waals surface area contributed by atoms with E-state index in [1.807, 2.05) is 0 Å². The first-order chi connectivity index (χ1) is 10.6. The van der Waals surface area contributed by atoms with Gasteiger partial charge in [-0.2, -0.15) is 5.10 Å². The second-order valence-electron chi connectivity index (χ2n) is 5.75. The standard InChI is InChI=1S/C16H19F2N3O2/c1-9-14(10(2)21(4)20-9)15(22)19-8-16(3,23)12-6-5-11(17)7-13(12)18/h5-7,23H,8H2,1-4H3,(H,19,22)/t16-/m1/s1. The van der Waals surface area contributed by atoms with E-state index in [0.717, 1.165) is 12.1 Å². The molecule has 0 saturated heterocycles. The first-order valence-corrected chi connectivity index (χ1v) is 7.10. The van der Waals surface area contributed by atoms with Gasteiger partial charge in [0.2, 0.25) is 0 Å². The van der Waals surface area contributed by atoms with E-state index in [4.69, 9.17) is 0 Å². The van der Waals surface area contributed by atoms with Crippen LogP contribution in [0.5, 0.6) is 0 Å². The average molecular weight is 323 g/mol. The average Bonchev–Trinajstić information content (AvgIpc) is 2.69. The third-order valence-electron chi connectivity index (χ3n) is 3.84. The fourth-order valence-corrected chi connectivity index (χ4v) is 2.46. The number of benzene rings is 1. The van der Waals surface area contributed by atoms with Gasteiger partial charge in [0, 0.05) is 24.4 Å². The van der Waals surface area contributed by atoms with Gasteiger partial charge in [-0.25, -0.2) is 8.78 Å². The molecule has 1 amide bonds. The monoisotopic (exact) mass is 323 g/mol. The van der Waals surface area contributed by atoms with Gasteiger partial charge in [0.15, 0.2) is 0 Å².